The number of carbonyl (C=O) groups excluding carboxylic acids is 2. The van der Waals surface area contributed by atoms with Crippen molar-refractivity contribution in [2.45, 2.75) is 60.6 Å². The molecule has 3 fully saturated rings. The van der Waals surface area contributed by atoms with Gasteiger partial charge < -0.3 is 0 Å². The van der Waals surface area contributed by atoms with Crippen molar-refractivity contribution >= 4 is 43.7 Å². The van der Waals surface area contributed by atoms with Crippen LogP contribution in [0.1, 0.15) is 44.9 Å². The van der Waals surface area contributed by atoms with Crippen LogP contribution in [0.5, 0.6) is 0 Å². The van der Waals surface area contributed by atoms with Gasteiger partial charge in [0.05, 0.1) is 11.8 Å². The summed E-state index contributed by atoms with van der Waals surface area (Å²) in [5, 5.41) is 0. The highest BCUT2D eigenvalue weighted by molar-refractivity contribution is 9.12. The van der Waals surface area contributed by atoms with Gasteiger partial charge in [-0.2, -0.15) is 0 Å². The second-order valence-electron chi connectivity index (χ2n) is 6.05. The maximum Gasteiger partial charge on any atom is 0.233 e. The van der Waals surface area contributed by atoms with Gasteiger partial charge in [0.2, 0.25) is 11.8 Å². The molecule has 4 atom stereocenters. The number of imide groups is 1. The van der Waals surface area contributed by atoms with Crippen LogP contribution < -0.4 is 0 Å². The summed E-state index contributed by atoms with van der Waals surface area (Å²) in [7, 11) is 0. The van der Waals surface area contributed by atoms with Crippen molar-refractivity contribution in [1.29, 1.82) is 0 Å². The SMILES string of the molecule is O=C1[C@@H]2C[C@@H](Br)[C@@H](Br)C[C@H]2C(=O)N1C1CCCCC1. The molecule has 19 heavy (non-hydrogen) atoms. The third-order valence-corrected chi connectivity index (χ3v) is 7.62. The quantitative estimate of drug-likeness (QED) is 0.507. The first kappa shape index (κ1) is 14.1. The lowest BCUT2D eigenvalue weighted by Crippen LogP contribution is -2.41. The minimum absolute atomic E-state index is 0.0763. The first-order valence-corrected chi connectivity index (χ1v) is 9.07. The van der Waals surface area contributed by atoms with Crippen LogP contribution in [0.3, 0.4) is 0 Å². The maximum absolute atomic E-state index is 12.6. The van der Waals surface area contributed by atoms with Crippen molar-refractivity contribution in [3.63, 3.8) is 0 Å². The summed E-state index contributed by atoms with van der Waals surface area (Å²) in [4.78, 5) is 27.4. The van der Waals surface area contributed by atoms with Crippen molar-refractivity contribution < 1.29 is 9.59 Å². The van der Waals surface area contributed by atoms with Crippen LogP contribution in [-0.4, -0.2) is 32.4 Å². The number of hydrogen-bond donors (Lipinski definition) is 0. The molecule has 3 nitrogen and oxygen atoms in total. The van der Waals surface area contributed by atoms with E-state index < -0.39 is 0 Å². The van der Waals surface area contributed by atoms with E-state index in [2.05, 4.69) is 31.9 Å². The molecule has 0 N–H and O–H groups in total. The monoisotopic (exact) mass is 391 g/mol. The lowest BCUT2D eigenvalue weighted by atomic mass is 9.81. The number of nitrogens with zero attached hydrogens (tertiary/aromatic N) is 1. The lowest BCUT2D eigenvalue weighted by molar-refractivity contribution is -0.143. The van der Waals surface area contributed by atoms with Crippen molar-refractivity contribution in [3.05, 3.63) is 0 Å². The van der Waals surface area contributed by atoms with E-state index in [4.69, 9.17) is 0 Å². The molecule has 3 aliphatic rings. The van der Waals surface area contributed by atoms with Gasteiger partial charge in [-0.1, -0.05) is 51.1 Å². The molecule has 0 bridgehead atoms. The van der Waals surface area contributed by atoms with Crippen LogP contribution in [0.15, 0.2) is 0 Å². The average molecular weight is 393 g/mol. The molecule has 1 aliphatic heterocycles. The molecule has 2 amide bonds. The van der Waals surface area contributed by atoms with E-state index in [-0.39, 0.29) is 29.7 Å². The summed E-state index contributed by atoms with van der Waals surface area (Å²) in [6.45, 7) is 0. The van der Waals surface area contributed by atoms with Crippen molar-refractivity contribution in [2.75, 3.05) is 0 Å². The van der Waals surface area contributed by atoms with E-state index in [0.29, 0.717) is 9.65 Å². The van der Waals surface area contributed by atoms with Crippen molar-refractivity contribution in [1.82, 2.24) is 4.90 Å². The van der Waals surface area contributed by atoms with Crippen molar-refractivity contribution in [2.24, 2.45) is 11.8 Å². The number of halogens is 2. The zero-order valence-electron chi connectivity index (χ0n) is 10.9. The second kappa shape index (κ2) is 5.47. The fraction of sp³-hybridized carbons (Fsp3) is 0.857. The predicted octanol–water partition coefficient (Wildman–Crippen LogP) is 3.24. The van der Waals surface area contributed by atoms with Crippen molar-refractivity contribution in [3.8, 4) is 0 Å². The third-order valence-electron chi connectivity index (χ3n) is 4.89. The minimum atomic E-state index is -0.0763. The molecule has 5 heteroatoms. The van der Waals surface area contributed by atoms with Gasteiger partial charge in [-0.15, -0.1) is 0 Å². The van der Waals surface area contributed by atoms with Gasteiger partial charge in [-0.3, -0.25) is 14.5 Å². The standard InChI is InChI=1S/C14H19Br2NO2/c15-11-6-9-10(7-12(11)16)14(19)17(13(9)18)8-4-2-1-3-5-8/h8-12H,1-7H2/t9-,10-,11-,12+/m1/s1. The molecule has 2 saturated carbocycles. The Hall–Kier alpha value is 0.1000. The Bertz CT molecular complexity index is 367. The van der Waals surface area contributed by atoms with E-state index in [0.717, 1.165) is 38.5 Å². The molecule has 0 aromatic heterocycles. The number of likely N-dealkylation sites (tertiary alicyclic amines) is 1. The number of amides is 2. The van der Waals surface area contributed by atoms with Gasteiger partial charge in [0.25, 0.3) is 0 Å². The van der Waals surface area contributed by atoms with E-state index in [9.17, 15) is 9.59 Å². The molecule has 1 saturated heterocycles. The van der Waals surface area contributed by atoms with Gasteiger partial charge in [-0.05, 0) is 25.7 Å². The first-order chi connectivity index (χ1) is 9.09. The van der Waals surface area contributed by atoms with Gasteiger partial charge in [-0.25, -0.2) is 0 Å². The van der Waals surface area contributed by atoms with Crippen LogP contribution in [0, 0.1) is 11.8 Å². The molecular weight excluding hydrogens is 374 g/mol. The second-order valence-corrected chi connectivity index (χ2v) is 8.41. The van der Waals surface area contributed by atoms with E-state index in [1.165, 1.54) is 6.42 Å². The normalized spacial score (nSPS) is 40.6. The molecule has 0 aromatic carbocycles. The Morgan fingerprint density at radius 2 is 1.32 bits per heavy atom. The number of fused-ring (bicyclic) bond motifs is 1. The van der Waals surface area contributed by atoms with Gasteiger partial charge >= 0.3 is 0 Å². The van der Waals surface area contributed by atoms with Crippen LogP contribution in [0.2, 0.25) is 0 Å². The molecule has 106 valence electrons. The zero-order valence-corrected chi connectivity index (χ0v) is 14.0. The Morgan fingerprint density at radius 1 is 0.842 bits per heavy atom. The van der Waals surface area contributed by atoms with E-state index >= 15 is 0 Å². The van der Waals surface area contributed by atoms with E-state index in [1.54, 1.807) is 4.90 Å². The molecule has 3 rings (SSSR count). The van der Waals surface area contributed by atoms with Crippen LogP contribution in [-0.2, 0) is 9.59 Å². The predicted molar refractivity (Wildman–Crippen MR) is 80.4 cm³/mol. The molecule has 0 unspecified atom stereocenters. The Morgan fingerprint density at radius 3 is 1.79 bits per heavy atom. The van der Waals surface area contributed by atoms with Gasteiger partial charge in [0.15, 0.2) is 0 Å². The number of carbonyl (C=O) groups is 2. The van der Waals surface area contributed by atoms with Crippen LogP contribution in [0.4, 0.5) is 0 Å². The van der Waals surface area contributed by atoms with Gasteiger partial charge in [0, 0.05) is 15.7 Å². The lowest BCUT2D eigenvalue weighted by Gasteiger charge is -2.29. The minimum Gasteiger partial charge on any atom is -0.279 e. The first-order valence-electron chi connectivity index (χ1n) is 7.24. The fourth-order valence-electron chi connectivity index (χ4n) is 3.82. The van der Waals surface area contributed by atoms with Crippen LogP contribution in [0.25, 0.3) is 0 Å². The average Bonchev–Trinajstić information content (AvgIpc) is 2.64. The molecule has 1 heterocycles. The zero-order chi connectivity index (χ0) is 13.6. The largest absolute Gasteiger partial charge is 0.279 e. The Kier molecular flexibility index (Phi) is 4.05. The molecule has 0 aromatic rings. The summed E-state index contributed by atoms with van der Waals surface area (Å²) >= 11 is 7.25. The smallest absolute Gasteiger partial charge is 0.233 e. The molecule has 0 spiro atoms. The Balaban J connectivity index is 1.80. The Labute approximate surface area is 130 Å². The summed E-state index contributed by atoms with van der Waals surface area (Å²) < 4.78 is 0. The summed E-state index contributed by atoms with van der Waals surface area (Å²) in [5.41, 5.74) is 0. The topological polar surface area (TPSA) is 37.4 Å². The summed E-state index contributed by atoms with van der Waals surface area (Å²) in [6.07, 6.45) is 7.13. The molecule has 2 aliphatic carbocycles. The number of hydrogen-bond acceptors (Lipinski definition) is 2. The van der Waals surface area contributed by atoms with Crippen LogP contribution >= 0.6 is 31.9 Å². The molecule has 0 radical (unpaired) electrons. The van der Waals surface area contributed by atoms with Gasteiger partial charge in [0.1, 0.15) is 0 Å². The number of rotatable bonds is 1. The fourth-order valence-corrected chi connectivity index (χ4v) is 5.06. The number of alkyl halides is 2. The maximum atomic E-state index is 12.6. The summed E-state index contributed by atoms with van der Waals surface area (Å²) in [6, 6.07) is 0.182. The third kappa shape index (κ3) is 2.41. The molecular formula is C14H19Br2NO2. The summed E-state index contributed by atoms with van der Waals surface area (Å²) in [5.74, 6) is 0.0525. The highest BCUT2D eigenvalue weighted by atomic mass is 79.9. The highest BCUT2D eigenvalue weighted by Gasteiger charge is 2.53. The highest BCUT2D eigenvalue weighted by Crippen LogP contribution is 2.44. The van der Waals surface area contributed by atoms with E-state index in [1.807, 2.05) is 0 Å².